The average Bonchev–Trinajstić information content (AvgIpc) is 2.76. The normalized spacial score (nSPS) is 10.2. The second kappa shape index (κ2) is 4.80. The largest absolute Gasteiger partial charge is 0.379 e. The number of amidine groups is 1. The van der Waals surface area contributed by atoms with Crippen LogP contribution < -0.4 is 5.73 Å². The summed E-state index contributed by atoms with van der Waals surface area (Å²) in [6.45, 7) is 0. The van der Waals surface area contributed by atoms with E-state index in [1.807, 2.05) is 30.3 Å². The van der Waals surface area contributed by atoms with Crippen molar-refractivity contribution in [1.29, 1.82) is 5.41 Å². The van der Waals surface area contributed by atoms with Crippen molar-refractivity contribution >= 4 is 16.9 Å². The Morgan fingerprint density at radius 1 is 1.38 bits per heavy atom. The molecule has 2 rings (SSSR count). The molecule has 0 aliphatic heterocycles. The number of nitrogens with one attached hydrogen (secondary N) is 1. The lowest BCUT2D eigenvalue weighted by atomic mass is 10.2. The highest BCUT2D eigenvalue weighted by Gasteiger charge is 2.08. The molecule has 1 aromatic carbocycles. The molecule has 0 aliphatic rings. The molecule has 0 fully saturated rings. The average molecular weight is 234 g/mol. The van der Waals surface area contributed by atoms with Gasteiger partial charge in [-0.1, -0.05) is 47.3 Å². The van der Waals surface area contributed by atoms with Crippen LogP contribution in [0.3, 0.4) is 0 Å². The van der Waals surface area contributed by atoms with Crippen LogP contribution in [0.5, 0.6) is 0 Å². The molecule has 0 spiro atoms. The van der Waals surface area contributed by atoms with Crippen LogP contribution in [0.1, 0.15) is 5.89 Å². The fraction of sp³-hybridized carbons (Fsp3) is 0.100. The van der Waals surface area contributed by atoms with Crippen molar-refractivity contribution < 1.29 is 4.52 Å². The van der Waals surface area contributed by atoms with Crippen molar-refractivity contribution in [3.8, 4) is 11.4 Å². The summed E-state index contributed by atoms with van der Waals surface area (Å²) in [7, 11) is 0. The summed E-state index contributed by atoms with van der Waals surface area (Å²) in [5.74, 6) is 1.45. The number of benzene rings is 1. The first-order valence-electron chi connectivity index (χ1n) is 4.60. The van der Waals surface area contributed by atoms with Crippen molar-refractivity contribution in [3.05, 3.63) is 36.2 Å². The predicted molar refractivity (Wildman–Crippen MR) is 62.9 cm³/mol. The minimum absolute atomic E-state index is 0.0412. The molecule has 1 heterocycles. The van der Waals surface area contributed by atoms with Crippen molar-refractivity contribution in [3.63, 3.8) is 0 Å². The summed E-state index contributed by atoms with van der Waals surface area (Å²) in [6.07, 6.45) is 0. The van der Waals surface area contributed by atoms with Crippen LogP contribution in [0.15, 0.2) is 34.9 Å². The van der Waals surface area contributed by atoms with E-state index in [0.717, 1.165) is 17.3 Å². The Balaban J connectivity index is 2.11. The lowest BCUT2D eigenvalue weighted by Gasteiger charge is -1.91. The molecule has 2 aromatic rings. The number of nitrogens with zero attached hydrogens (tertiary/aromatic N) is 2. The van der Waals surface area contributed by atoms with Gasteiger partial charge in [0, 0.05) is 5.56 Å². The Morgan fingerprint density at radius 2 is 2.12 bits per heavy atom. The number of hydrogen-bond donors (Lipinski definition) is 2. The molecule has 0 saturated heterocycles. The van der Waals surface area contributed by atoms with Crippen LogP contribution in [0, 0.1) is 5.41 Å². The van der Waals surface area contributed by atoms with E-state index in [1.54, 1.807) is 0 Å². The standard InChI is InChI=1S/C10H10N4OS/c11-10(12)16-6-8-13-9(14-15-8)7-4-2-1-3-5-7/h1-5H,6H2,(H3,11,12). The highest BCUT2D eigenvalue weighted by atomic mass is 32.2. The highest BCUT2D eigenvalue weighted by molar-refractivity contribution is 8.12. The monoisotopic (exact) mass is 234 g/mol. The molecule has 0 aliphatic carbocycles. The van der Waals surface area contributed by atoms with Gasteiger partial charge in [0.15, 0.2) is 5.17 Å². The molecule has 0 saturated carbocycles. The number of rotatable bonds is 3. The predicted octanol–water partition coefficient (Wildman–Crippen LogP) is 1.86. The van der Waals surface area contributed by atoms with E-state index in [-0.39, 0.29) is 5.17 Å². The molecule has 16 heavy (non-hydrogen) atoms. The zero-order valence-electron chi connectivity index (χ0n) is 8.38. The fourth-order valence-corrected chi connectivity index (χ4v) is 1.55. The zero-order chi connectivity index (χ0) is 11.4. The Hall–Kier alpha value is -1.82. The third-order valence-electron chi connectivity index (χ3n) is 1.85. The first-order valence-corrected chi connectivity index (χ1v) is 5.59. The maximum Gasteiger partial charge on any atom is 0.237 e. The van der Waals surface area contributed by atoms with Gasteiger partial charge in [-0.3, -0.25) is 5.41 Å². The van der Waals surface area contributed by atoms with Crippen molar-refractivity contribution in [2.24, 2.45) is 5.73 Å². The third-order valence-corrected chi connectivity index (χ3v) is 2.55. The van der Waals surface area contributed by atoms with Crippen molar-refractivity contribution in [2.45, 2.75) is 5.75 Å². The topological polar surface area (TPSA) is 88.8 Å². The van der Waals surface area contributed by atoms with Gasteiger partial charge in [-0.05, 0) is 0 Å². The molecule has 0 atom stereocenters. The molecule has 5 nitrogen and oxygen atoms in total. The summed E-state index contributed by atoms with van der Waals surface area (Å²) < 4.78 is 5.04. The Kier molecular flexibility index (Phi) is 3.21. The fourth-order valence-electron chi connectivity index (χ4n) is 1.16. The number of aromatic nitrogens is 2. The van der Waals surface area contributed by atoms with Gasteiger partial charge in [0.2, 0.25) is 11.7 Å². The lowest BCUT2D eigenvalue weighted by Crippen LogP contribution is -2.03. The smallest absolute Gasteiger partial charge is 0.237 e. The van der Waals surface area contributed by atoms with Gasteiger partial charge in [-0.2, -0.15) is 4.98 Å². The zero-order valence-corrected chi connectivity index (χ0v) is 9.20. The van der Waals surface area contributed by atoms with E-state index in [1.165, 1.54) is 0 Å². The van der Waals surface area contributed by atoms with Gasteiger partial charge in [0.25, 0.3) is 0 Å². The van der Waals surface area contributed by atoms with E-state index < -0.39 is 0 Å². The highest BCUT2D eigenvalue weighted by Crippen LogP contribution is 2.17. The molecule has 0 bridgehead atoms. The summed E-state index contributed by atoms with van der Waals surface area (Å²) in [6, 6.07) is 9.57. The van der Waals surface area contributed by atoms with Gasteiger partial charge in [0.05, 0.1) is 5.75 Å². The van der Waals surface area contributed by atoms with E-state index in [9.17, 15) is 0 Å². The summed E-state index contributed by atoms with van der Waals surface area (Å²) in [5.41, 5.74) is 6.12. The molecular formula is C10H10N4OS. The van der Waals surface area contributed by atoms with Gasteiger partial charge < -0.3 is 10.3 Å². The Labute approximate surface area is 96.6 Å². The molecule has 6 heteroatoms. The molecule has 0 radical (unpaired) electrons. The van der Waals surface area contributed by atoms with Gasteiger partial charge in [0.1, 0.15) is 0 Å². The molecule has 1 aromatic heterocycles. The minimum Gasteiger partial charge on any atom is -0.379 e. The molecule has 0 unspecified atom stereocenters. The van der Waals surface area contributed by atoms with Crippen LogP contribution in [-0.4, -0.2) is 15.3 Å². The molecule has 3 N–H and O–H groups in total. The van der Waals surface area contributed by atoms with Gasteiger partial charge in [-0.15, -0.1) is 0 Å². The van der Waals surface area contributed by atoms with Crippen LogP contribution in [0.4, 0.5) is 0 Å². The number of hydrogen-bond acceptors (Lipinski definition) is 5. The van der Waals surface area contributed by atoms with Crippen molar-refractivity contribution in [2.75, 3.05) is 0 Å². The van der Waals surface area contributed by atoms with Gasteiger partial charge >= 0.3 is 0 Å². The Bertz CT molecular complexity index is 483. The maximum atomic E-state index is 7.07. The number of thioether (sulfide) groups is 1. The van der Waals surface area contributed by atoms with E-state index in [4.69, 9.17) is 15.7 Å². The van der Waals surface area contributed by atoms with Crippen LogP contribution >= 0.6 is 11.8 Å². The number of nitrogens with two attached hydrogens (primary N) is 1. The molecular weight excluding hydrogens is 224 g/mol. The third kappa shape index (κ3) is 2.60. The summed E-state index contributed by atoms with van der Waals surface area (Å²) in [5, 5.41) is 11.0. The van der Waals surface area contributed by atoms with E-state index in [0.29, 0.717) is 17.5 Å². The SMILES string of the molecule is N=C(N)SCc1nc(-c2ccccc2)no1. The summed E-state index contributed by atoms with van der Waals surface area (Å²) in [4.78, 5) is 4.20. The first-order chi connectivity index (χ1) is 7.75. The van der Waals surface area contributed by atoms with E-state index >= 15 is 0 Å². The van der Waals surface area contributed by atoms with Crippen LogP contribution in [0.25, 0.3) is 11.4 Å². The van der Waals surface area contributed by atoms with Crippen LogP contribution in [-0.2, 0) is 5.75 Å². The minimum atomic E-state index is 0.0412. The molecule has 82 valence electrons. The van der Waals surface area contributed by atoms with E-state index in [2.05, 4.69) is 10.1 Å². The Morgan fingerprint density at radius 3 is 2.81 bits per heavy atom. The lowest BCUT2D eigenvalue weighted by molar-refractivity contribution is 0.392. The van der Waals surface area contributed by atoms with Crippen LogP contribution in [0.2, 0.25) is 0 Å². The quantitative estimate of drug-likeness (QED) is 0.625. The second-order valence-electron chi connectivity index (χ2n) is 3.03. The van der Waals surface area contributed by atoms with Crippen molar-refractivity contribution in [1.82, 2.24) is 10.1 Å². The first kappa shape index (κ1) is 10.7. The van der Waals surface area contributed by atoms with Gasteiger partial charge in [-0.25, -0.2) is 0 Å². The molecule has 0 amide bonds. The summed E-state index contributed by atoms with van der Waals surface area (Å²) >= 11 is 1.16. The maximum absolute atomic E-state index is 7.07. The second-order valence-corrected chi connectivity index (χ2v) is 4.05.